The molecule has 0 saturated carbocycles. The van der Waals surface area contributed by atoms with Gasteiger partial charge in [0.05, 0.1) is 19.6 Å². The van der Waals surface area contributed by atoms with Crippen molar-refractivity contribution >= 4 is 0 Å². The molecule has 1 aliphatic heterocycles. The fourth-order valence-electron chi connectivity index (χ4n) is 1.56. The summed E-state index contributed by atoms with van der Waals surface area (Å²) in [6.07, 6.45) is 1.39. The van der Waals surface area contributed by atoms with E-state index in [0.29, 0.717) is 19.1 Å². The Balaban J connectivity index is 2.29. The first-order chi connectivity index (χ1) is 7.13. The highest BCUT2D eigenvalue weighted by Gasteiger charge is 2.23. The van der Waals surface area contributed by atoms with E-state index in [1.165, 1.54) is 0 Å². The van der Waals surface area contributed by atoms with E-state index >= 15 is 0 Å². The summed E-state index contributed by atoms with van der Waals surface area (Å²) in [7, 11) is 0. The zero-order valence-electron chi connectivity index (χ0n) is 9.26. The molecule has 0 radical (unpaired) electrons. The van der Waals surface area contributed by atoms with Gasteiger partial charge in [0, 0.05) is 5.92 Å². The standard InChI is InChI=1S/C11H18F2O2/c1-3-4-9-6-14-11(15-7-9)5-10(13)8(2)12/h9,11H,3-7H2,1-2H3/b10-8-. The summed E-state index contributed by atoms with van der Waals surface area (Å²) in [6.45, 7) is 4.35. The molecule has 0 unspecified atom stereocenters. The Labute approximate surface area is 89.3 Å². The van der Waals surface area contributed by atoms with Crippen LogP contribution in [-0.2, 0) is 9.47 Å². The Hall–Kier alpha value is -0.480. The topological polar surface area (TPSA) is 18.5 Å². The van der Waals surface area contributed by atoms with Crippen molar-refractivity contribution in [1.29, 1.82) is 0 Å². The molecular formula is C11H18F2O2. The summed E-state index contributed by atoms with van der Waals surface area (Å²) in [5.74, 6) is -1.18. The van der Waals surface area contributed by atoms with Gasteiger partial charge < -0.3 is 9.47 Å². The van der Waals surface area contributed by atoms with Crippen LogP contribution in [0.2, 0.25) is 0 Å². The molecule has 4 heteroatoms. The fourth-order valence-corrected chi connectivity index (χ4v) is 1.56. The zero-order chi connectivity index (χ0) is 11.3. The predicted molar refractivity (Wildman–Crippen MR) is 53.6 cm³/mol. The highest BCUT2D eigenvalue weighted by Crippen LogP contribution is 2.22. The second kappa shape index (κ2) is 6.18. The van der Waals surface area contributed by atoms with Crippen molar-refractivity contribution in [3.05, 3.63) is 11.7 Å². The lowest BCUT2D eigenvalue weighted by Gasteiger charge is -2.28. The number of hydrogen-bond donors (Lipinski definition) is 0. The first kappa shape index (κ1) is 12.6. The molecule has 0 spiro atoms. The Morgan fingerprint density at radius 3 is 2.33 bits per heavy atom. The molecule has 0 amide bonds. The van der Waals surface area contributed by atoms with Crippen LogP contribution in [0.4, 0.5) is 8.78 Å². The third-order valence-corrected chi connectivity index (χ3v) is 2.45. The number of halogens is 2. The normalized spacial score (nSPS) is 28.8. The largest absolute Gasteiger partial charge is 0.352 e. The lowest BCUT2D eigenvalue weighted by atomic mass is 10.1. The van der Waals surface area contributed by atoms with Crippen LogP contribution in [0.25, 0.3) is 0 Å². The second-order valence-corrected chi connectivity index (χ2v) is 3.89. The van der Waals surface area contributed by atoms with E-state index in [4.69, 9.17) is 9.47 Å². The molecule has 0 atom stereocenters. The Morgan fingerprint density at radius 1 is 1.27 bits per heavy atom. The molecule has 1 fully saturated rings. The Morgan fingerprint density at radius 2 is 1.87 bits per heavy atom. The summed E-state index contributed by atoms with van der Waals surface area (Å²) in [4.78, 5) is 0. The molecule has 1 rings (SSSR count). The average molecular weight is 220 g/mol. The number of ether oxygens (including phenoxy) is 2. The van der Waals surface area contributed by atoms with Crippen LogP contribution >= 0.6 is 0 Å². The average Bonchev–Trinajstić information content (AvgIpc) is 2.21. The molecular weight excluding hydrogens is 202 g/mol. The van der Waals surface area contributed by atoms with Gasteiger partial charge >= 0.3 is 0 Å². The van der Waals surface area contributed by atoms with Gasteiger partial charge in [-0.3, -0.25) is 0 Å². The van der Waals surface area contributed by atoms with Gasteiger partial charge in [-0.1, -0.05) is 13.3 Å². The maximum atomic E-state index is 12.9. The van der Waals surface area contributed by atoms with Gasteiger partial charge in [0.1, 0.15) is 11.7 Å². The predicted octanol–water partition coefficient (Wildman–Crippen LogP) is 3.34. The number of allylic oxidation sites excluding steroid dienone is 1. The van der Waals surface area contributed by atoms with E-state index in [2.05, 4.69) is 6.92 Å². The van der Waals surface area contributed by atoms with Crippen LogP contribution in [0.1, 0.15) is 33.1 Å². The van der Waals surface area contributed by atoms with Crippen LogP contribution in [0.5, 0.6) is 0 Å². The fraction of sp³-hybridized carbons (Fsp3) is 0.818. The highest BCUT2D eigenvalue weighted by molar-refractivity contribution is 4.97. The quantitative estimate of drug-likeness (QED) is 0.723. The van der Waals surface area contributed by atoms with Gasteiger partial charge in [-0.2, -0.15) is 0 Å². The molecule has 0 N–H and O–H groups in total. The monoisotopic (exact) mass is 220 g/mol. The number of rotatable bonds is 4. The van der Waals surface area contributed by atoms with E-state index in [-0.39, 0.29) is 6.42 Å². The van der Waals surface area contributed by atoms with Crippen LogP contribution in [-0.4, -0.2) is 19.5 Å². The third kappa shape index (κ3) is 4.26. The van der Waals surface area contributed by atoms with E-state index < -0.39 is 17.9 Å². The summed E-state index contributed by atoms with van der Waals surface area (Å²) < 4.78 is 35.9. The van der Waals surface area contributed by atoms with E-state index in [1.54, 1.807) is 0 Å². The molecule has 0 aromatic heterocycles. The summed E-state index contributed by atoms with van der Waals surface area (Å²) in [5, 5.41) is 0. The molecule has 15 heavy (non-hydrogen) atoms. The minimum atomic E-state index is -0.794. The van der Waals surface area contributed by atoms with Gasteiger partial charge in [0.15, 0.2) is 6.29 Å². The lowest BCUT2D eigenvalue weighted by molar-refractivity contribution is -0.201. The Bertz CT molecular complexity index is 217. The smallest absolute Gasteiger partial charge is 0.163 e. The third-order valence-electron chi connectivity index (χ3n) is 2.45. The van der Waals surface area contributed by atoms with E-state index in [1.807, 2.05) is 0 Å². The molecule has 0 bridgehead atoms. The SMILES string of the molecule is CCCC1COC(C/C(F)=C(\C)F)OC1. The van der Waals surface area contributed by atoms with E-state index in [9.17, 15) is 8.78 Å². The van der Waals surface area contributed by atoms with Gasteiger partial charge in [-0.15, -0.1) is 0 Å². The molecule has 0 aliphatic carbocycles. The zero-order valence-corrected chi connectivity index (χ0v) is 9.26. The lowest BCUT2D eigenvalue weighted by Crippen LogP contribution is -2.32. The molecule has 2 nitrogen and oxygen atoms in total. The van der Waals surface area contributed by atoms with Gasteiger partial charge in [-0.25, -0.2) is 8.78 Å². The van der Waals surface area contributed by atoms with Crippen molar-refractivity contribution in [2.24, 2.45) is 5.92 Å². The maximum Gasteiger partial charge on any atom is 0.163 e. The highest BCUT2D eigenvalue weighted by atomic mass is 19.2. The van der Waals surface area contributed by atoms with Crippen molar-refractivity contribution in [2.75, 3.05) is 13.2 Å². The Kier molecular flexibility index (Phi) is 5.19. The molecule has 0 aromatic rings. The van der Waals surface area contributed by atoms with Gasteiger partial charge in [0.25, 0.3) is 0 Å². The first-order valence-electron chi connectivity index (χ1n) is 5.37. The van der Waals surface area contributed by atoms with Crippen molar-refractivity contribution in [3.8, 4) is 0 Å². The summed E-state index contributed by atoms with van der Waals surface area (Å²) in [5.41, 5.74) is 0. The van der Waals surface area contributed by atoms with Crippen molar-refractivity contribution in [1.82, 2.24) is 0 Å². The van der Waals surface area contributed by atoms with Crippen molar-refractivity contribution < 1.29 is 18.3 Å². The van der Waals surface area contributed by atoms with E-state index in [0.717, 1.165) is 19.8 Å². The molecule has 0 aromatic carbocycles. The summed E-state index contributed by atoms with van der Waals surface area (Å²) in [6, 6.07) is 0. The minimum Gasteiger partial charge on any atom is -0.352 e. The van der Waals surface area contributed by atoms with Crippen LogP contribution in [0.3, 0.4) is 0 Å². The number of hydrogen-bond acceptors (Lipinski definition) is 2. The van der Waals surface area contributed by atoms with Gasteiger partial charge in [0.2, 0.25) is 0 Å². The van der Waals surface area contributed by atoms with Crippen LogP contribution < -0.4 is 0 Å². The first-order valence-corrected chi connectivity index (χ1v) is 5.37. The maximum absolute atomic E-state index is 12.9. The van der Waals surface area contributed by atoms with Crippen LogP contribution in [0.15, 0.2) is 11.7 Å². The second-order valence-electron chi connectivity index (χ2n) is 3.89. The molecule has 1 aliphatic rings. The van der Waals surface area contributed by atoms with Crippen LogP contribution in [0, 0.1) is 5.92 Å². The summed E-state index contributed by atoms with van der Waals surface area (Å²) >= 11 is 0. The molecule has 1 heterocycles. The van der Waals surface area contributed by atoms with Crippen molar-refractivity contribution in [3.63, 3.8) is 0 Å². The molecule has 88 valence electrons. The molecule has 1 saturated heterocycles. The van der Waals surface area contributed by atoms with Crippen molar-refractivity contribution in [2.45, 2.75) is 39.4 Å². The minimum absolute atomic E-state index is 0.124. The van der Waals surface area contributed by atoms with Gasteiger partial charge in [-0.05, 0) is 13.3 Å².